The fourth-order valence-corrected chi connectivity index (χ4v) is 3.99. The first-order valence-electron chi connectivity index (χ1n) is 12.1. The highest BCUT2D eigenvalue weighted by molar-refractivity contribution is 6.08. The van der Waals surface area contributed by atoms with Gasteiger partial charge in [-0.25, -0.2) is 4.98 Å². The van der Waals surface area contributed by atoms with Gasteiger partial charge in [0.1, 0.15) is 6.10 Å². The first kappa shape index (κ1) is 25.7. The van der Waals surface area contributed by atoms with Crippen molar-refractivity contribution < 1.29 is 4.74 Å². The Kier molecular flexibility index (Phi) is 9.58. The van der Waals surface area contributed by atoms with Gasteiger partial charge in [0.2, 0.25) is 5.88 Å². The van der Waals surface area contributed by atoms with Crippen LogP contribution in [0.25, 0.3) is 5.57 Å². The van der Waals surface area contributed by atoms with Crippen LogP contribution in [-0.2, 0) is 6.42 Å². The minimum atomic E-state index is -0.136. The monoisotopic (exact) mass is 467 g/mol. The van der Waals surface area contributed by atoms with Crippen molar-refractivity contribution in [1.29, 1.82) is 10.7 Å². The van der Waals surface area contributed by atoms with Crippen molar-refractivity contribution in [2.75, 3.05) is 18.4 Å². The van der Waals surface area contributed by atoms with E-state index in [4.69, 9.17) is 15.4 Å². The summed E-state index contributed by atoms with van der Waals surface area (Å²) in [6.45, 7) is 7.32. The summed E-state index contributed by atoms with van der Waals surface area (Å²) in [6.07, 6.45) is 5.69. The summed E-state index contributed by atoms with van der Waals surface area (Å²) in [4.78, 5) is 4.52. The lowest BCUT2D eigenvalue weighted by molar-refractivity contribution is 0.150. The van der Waals surface area contributed by atoms with Crippen LogP contribution in [-0.4, -0.2) is 30.4 Å². The molecule has 35 heavy (non-hydrogen) atoms. The molecule has 0 bridgehead atoms. The quantitative estimate of drug-likeness (QED) is 0.365. The highest BCUT2D eigenvalue weighted by atomic mass is 16.5. The molecule has 3 N–H and O–H groups in total. The SMILES string of the molecule is C/C=C(\C=N)c1cnc2c(c1)NCC(C(NCCc1ccc(C#N)cc1)c1ccccc1)O2.CC. The third-order valence-corrected chi connectivity index (χ3v) is 5.80. The molecule has 0 aliphatic carbocycles. The van der Waals surface area contributed by atoms with Crippen molar-refractivity contribution in [1.82, 2.24) is 10.3 Å². The molecular formula is C29H33N5O. The molecular weight excluding hydrogens is 434 g/mol. The van der Waals surface area contributed by atoms with Gasteiger partial charge in [-0.15, -0.1) is 0 Å². The number of pyridine rings is 1. The van der Waals surface area contributed by atoms with Crippen molar-refractivity contribution in [3.8, 4) is 11.9 Å². The highest BCUT2D eigenvalue weighted by Gasteiger charge is 2.29. The zero-order valence-corrected chi connectivity index (χ0v) is 20.6. The van der Waals surface area contributed by atoms with E-state index in [1.807, 2.05) is 75.4 Å². The number of hydrogen-bond acceptors (Lipinski definition) is 6. The minimum Gasteiger partial charge on any atom is -0.469 e. The van der Waals surface area contributed by atoms with Gasteiger partial charge in [0.25, 0.3) is 0 Å². The number of allylic oxidation sites excluding steroid dienone is 2. The Labute approximate surface area is 208 Å². The predicted molar refractivity (Wildman–Crippen MR) is 143 cm³/mol. The van der Waals surface area contributed by atoms with E-state index >= 15 is 0 Å². The lowest BCUT2D eigenvalue weighted by atomic mass is 9.99. The van der Waals surface area contributed by atoms with Crippen LogP contribution in [0.3, 0.4) is 0 Å². The number of hydrogen-bond donors (Lipinski definition) is 3. The molecule has 0 spiro atoms. The smallest absolute Gasteiger partial charge is 0.237 e. The molecule has 6 nitrogen and oxygen atoms in total. The molecule has 2 heterocycles. The number of benzene rings is 2. The Balaban J connectivity index is 0.00000167. The molecule has 2 unspecified atom stereocenters. The maximum absolute atomic E-state index is 8.98. The molecule has 6 heteroatoms. The summed E-state index contributed by atoms with van der Waals surface area (Å²) in [5.41, 5.74) is 5.56. The van der Waals surface area contributed by atoms with Gasteiger partial charge in [0, 0.05) is 18.0 Å². The summed E-state index contributed by atoms with van der Waals surface area (Å²) in [7, 11) is 0. The topological polar surface area (TPSA) is 93.8 Å². The third kappa shape index (κ3) is 6.56. The largest absolute Gasteiger partial charge is 0.469 e. The molecule has 0 radical (unpaired) electrons. The summed E-state index contributed by atoms with van der Waals surface area (Å²) < 4.78 is 6.33. The molecule has 1 aromatic heterocycles. The summed E-state index contributed by atoms with van der Waals surface area (Å²) in [5, 5.41) is 23.7. The standard InChI is InChI=1S/C27H27N5O.C2H6/c1-2-21(16-29)23-14-24-27(32-17-23)33-25(18-31-24)26(22-6-4-3-5-7-22)30-13-12-19-8-10-20(15-28)11-9-19;1-2/h2-11,14,16-17,25-26,29-31H,12-13,18H2,1H3;1-2H3/b21-2+,29-16?;. The van der Waals surface area contributed by atoms with Gasteiger partial charge >= 0.3 is 0 Å². The first-order valence-corrected chi connectivity index (χ1v) is 12.1. The number of nitrogens with one attached hydrogen (secondary N) is 3. The molecule has 0 saturated carbocycles. The van der Waals surface area contributed by atoms with Crippen LogP contribution in [0.2, 0.25) is 0 Å². The Morgan fingerprint density at radius 2 is 1.97 bits per heavy atom. The summed E-state index contributed by atoms with van der Waals surface area (Å²) >= 11 is 0. The van der Waals surface area contributed by atoms with Crippen molar-refractivity contribution in [3.63, 3.8) is 0 Å². The molecule has 1 aliphatic rings. The van der Waals surface area contributed by atoms with E-state index in [2.05, 4.69) is 33.8 Å². The Morgan fingerprint density at radius 1 is 1.23 bits per heavy atom. The lowest BCUT2D eigenvalue weighted by Gasteiger charge is -2.33. The van der Waals surface area contributed by atoms with Crippen LogP contribution in [0, 0.1) is 16.7 Å². The lowest BCUT2D eigenvalue weighted by Crippen LogP contribution is -2.43. The number of nitriles is 1. The molecule has 1 aliphatic heterocycles. The Bertz CT molecular complexity index is 1170. The molecule has 2 atom stereocenters. The van der Waals surface area contributed by atoms with Crippen LogP contribution in [0.1, 0.15) is 49.1 Å². The number of aromatic nitrogens is 1. The molecule has 0 fully saturated rings. The average Bonchev–Trinajstić information content (AvgIpc) is 2.93. The van der Waals surface area contributed by atoms with Crippen LogP contribution in [0.15, 0.2) is 72.9 Å². The van der Waals surface area contributed by atoms with Gasteiger partial charge < -0.3 is 20.8 Å². The van der Waals surface area contributed by atoms with Crippen LogP contribution >= 0.6 is 0 Å². The van der Waals surface area contributed by atoms with Crippen molar-refractivity contribution >= 4 is 17.5 Å². The highest BCUT2D eigenvalue weighted by Crippen LogP contribution is 2.32. The second-order valence-electron chi connectivity index (χ2n) is 7.90. The van der Waals surface area contributed by atoms with Gasteiger partial charge in [-0.05, 0) is 54.8 Å². The van der Waals surface area contributed by atoms with E-state index < -0.39 is 0 Å². The number of rotatable bonds is 8. The number of anilines is 1. The minimum absolute atomic E-state index is 0.0145. The normalized spacial score (nSPS) is 15.3. The van der Waals surface area contributed by atoms with Crippen LogP contribution in [0.5, 0.6) is 5.88 Å². The molecule has 3 aromatic rings. The maximum atomic E-state index is 8.98. The van der Waals surface area contributed by atoms with Crippen molar-refractivity contribution in [3.05, 3.63) is 95.2 Å². The van der Waals surface area contributed by atoms with E-state index in [-0.39, 0.29) is 12.1 Å². The van der Waals surface area contributed by atoms with Gasteiger partial charge in [-0.1, -0.05) is 62.4 Å². The van der Waals surface area contributed by atoms with E-state index in [9.17, 15) is 0 Å². The van der Waals surface area contributed by atoms with E-state index in [0.29, 0.717) is 18.0 Å². The fraction of sp³-hybridized carbons (Fsp3) is 0.276. The molecule has 4 rings (SSSR count). The number of ether oxygens (including phenoxy) is 1. The summed E-state index contributed by atoms with van der Waals surface area (Å²) in [5.74, 6) is 0.574. The van der Waals surface area contributed by atoms with E-state index in [0.717, 1.165) is 35.4 Å². The molecule has 2 aromatic carbocycles. The zero-order chi connectivity index (χ0) is 25.0. The zero-order valence-electron chi connectivity index (χ0n) is 20.6. The molecule has 0 amide bonds. The van der Waals surface area contributed by atoms with Gasteiger partial charge in [-0.3, -0.25) is 0 Å². The maximum Gasteiger partial charge on any atom is 0.237 e. The van der Waals surface area contributed by atoms with Crippen LogP contribution in [0.4, 0.5) is 5.69 Å². The average molecular weight is 468 g/mol. The fourth-order valence-electron chi connectivity index (χ4n) is 3.99. The molecule has 0 saturated heterocycles. The second-order valence-corrected chi connectivity index (χ2v) is 7.90. The van der Waals surface area contributed by atoms with Crippen molar-refractivity contribution in [2.45, 2.75) is 39.3 Å². The summed E-state index contributed by atoms with van der Waals surface area (Å²) in [6, 6.07) is 22.1. The number of nitrogens with zero attached hydrogens (tertiary/aromatic N) is 2. The van der Waals surface area contributed by atoms with Crippen LogP contribution < -0.4 is 15.4 Å². The van der Waals surface area contributed by atoms with Gasteiger partial charge in [0.15, 0.2) is 0 Å². The Hall–Kier alpha value is -3.95. The van der Waals surface area contributed by atoms with Gasteiger partial charge in [0.05, 0.1) is 29.9 Å². The van der Waals surface area contributed by atoms with Crippen molar-refractivity contribution in [2.24, 2.45) is 0 Å². The second kappa shape index (κ2) is 13.1. The predicted octanol–water partition coefficient (Wildman–Crippen LogP) is 5.78. The van der Waals surface area contributed by atoms with E-state index in [1.54, 1.807) is 6.20 Å². The first-order chi connectivity index (χ1) is 17.2. The number of fused-ring (bicyclic) bond motifs is 1. The van der Waals surface area contributed by atoms with E-state index in [1.165, 1.54) is 11.8 Å². The Morgan fingerprint density at radius 3 is 2.63 bits per heavy atom. The van der Waals surface area contributed by atoms with Gasteiger partial charge in [-0.2, -0.15) is 5.26 Å². The molecule has 180 valence electrons. The third-order valence-electron chi connectivity index (χ3n) is 5.80.